The molecule has 0 aromatic rings. The summed E-state index contributed by atoms with van der Waals surface area (Å²) in [4.78, 5) is 12.0. The molecule has 1 nitrogen and oxygen atoms in total. The molecular formula is C17H32Cl2O. The molecule has 0 bridgehead atoms. The van der Waals surface area contributed by atoms with E-state index in [1.807, 2.05) is 0 Å². The normalized spacial score (nSPS) is 14.2. The van der Waals surface area contributed by atoms with Gasteiger partial charge in [-0.05, 0) is 12.8 Å². The van der Waals surface area contributed by atoms with Crippen LogP contribution >= 0.6 is 23.2 Å². The highest BCUT2D eigenvalue weighted by Crippen LogP contribution is 2.19. The van der Waals surface area contributed by atoms with Crippen molar-refractivity contribution in [2.24, 2.45) is 0 Å². The molecule has 0 amide bonds. The second-order valence-corrected chi connectivity index (χ2v) is 6.80. The molecule has 0 aromatic carbocycles. The Morgan fingerprint density at radius 3 is 1.40 bits per heavy atom. The van der Waals surface area contributed by atoms with E-state index in [0.717, 1.165) is 25.7 Å². The monoisotopic (exact) mass is 322 g/mol. The van der Waals surface area contributed by atoms with Crippen molar-refractivity contribution < 1.29 is 4.79 Å². The minimum atomic E-state index is -0.380. The lowest BCUT2D eigenvalue weighted by Crippen LogP contribution is -2.24. The fourth-order valence-corrected chi connectivity index (χ4v) is 3.01. The van der Waals surface area contributed by atoms with E-state index in [-0.39, 0.29) is 16.5 Å². The Labute approximate surface area is 135 Å². The maximum atomic E-state index is 12.0. The molecule has 0 spiro atoms. The summed E-state index contributed by atoms with van der Waals surface area (Å²) >= 11 is 12.3. The van der Waals surface area contributed by atoms with E-state index in [9.17, 15) is 4.79 Å². The third-order valence-corrected chi connectivity index (χ3v) is 4.61. The fraction of sp³-hybridized carbons (Fsp3) is 0.941. The van der Waals surface area contributed by atoms with Crippen LogP contribution in [0.25, 0.3) is 0 Å². The second-order valence-electron chi connectivity index (χ2n) is 5.74. The first-order valence-electron chi connectivity index (χ1n) is 8.45. The standard InChI is InChI=1S/C17H32Cl2O/c1-3-5-7-9-11-13-15(18)17(20)16(19)14-12-10-8-6-4-2/h15-16H,3-14H2,1-2H3. The molecule has 0 saturated carbocycles. The van der Waals surface area contributed by atoms with Crippen LogP contribution in [0.15, 0.2) is 0 Å². The van der Waals surface area contributed by atoms with Gasteiger partial charge in [-0.2, -0.15) is 0 Å². The Morgan fingerprint density at radius 2 is 1.05 bits per heavy atom. The topological polar surface area (TPSA) is 17.1 Å². The summed E-state index contributed by atoms with van der Waals surface area (Å²) in [6.07, 6.45) is 13.5. The summed E-state index contributed by atoms with van der Waals surface area (Å²) in [5.41, 5.74) is 0. The molecule has 0 N–H and O–H groups in total. The van der Waals surface area contributed by atoms with E-state index in [2.05, 4.69) is 13.8 Å². The summed E-state index contributed by atoms with van der Waals surface area (Å²) in [5.74, 6) is 0.0410. The van der Waals surface area contributed by atoms with E-state index >= 15 is 0 Å². The van der Waals surface area contributed by atoms with Gasteiger partial charge in [0.2, 0.25) is 0 Å². The number of carbonyl (C=O) groups is 1. The van der Waals surface area contributed by atoms with Crippen LogP contribution in [0.3, 0.4) is 0 Å². The number of hydrogen-bond donors (Lipinski definition) is 0. The zero-order valence-corrected chi connectivity index (χ0v) is 14.8. The predicted molar refractivity (Wildman–Crippen MR) is 91.0 cm³/mol. The van der Waals surface area contributed by atoms with Gasteiger partial charge in [-0.15, -0.1) is 23.2 Å². The van der Waals surface area contributed by atoms with Gasteiger partial charge in [0, 0.05) is 0 Å². The minimum Gasteiger partial charge on any atom is -0.296 e. The largest absolute Gasteiger partial charge is 0.296 e. The lowest BCUT2D eigenvalue weighted by molar-refractivity contribution is -0.118. The molecule has 0 rings (SSSR count). The molecule has 0 radical (unpaired) electrons. The molecule has 2 unspecified atom stereocenters. The van der Waals surface area contributed by atoms with Crippen LogP contribution in [-0.2, 0) is 4.79 Å². The third-order valence-electron chi connectivity index (χ3n) is 3.74. The summed E-state index contributed by atoms with van der Waals surface area (Å²) in [6.45, 7) is 4.40. The van der Waals surface area contributed by atoms with E-state index in [1.54, 1.807) is 0 Å². The quantitative estimate of drug-likeness (QED) is 0.264. The average Bonchev–Trinajstić information content (AvgIpc) is 2.45. The van der Waals surface area contributed by atoms with E-state index < -0.39 is 0 Å². The lowest BCUT2D eigenvalue weighted by atomic mass is 10.0. The van der Waals surface area contributed by atoms with Crippen molar-refractivity contribution in [3.8, 4) is 0 Å². The van der Waals surface area contributed by atoms with Crippen molar-refractivity contribution in [1.29, 1.82) is 0 Å². The molecule has 0 aliphatic carbocycles. The molecule has 0 aliphatic heterocycles. The van der Waals surface area contributed by atoms with Crippen LogP contribution in [-0.4, -0.2) is 16.5 Å². The zero-order valence-electron chi connectivity index (χ0n) is 13.3. The maximum absolute atomic E-state index is 12.0. The molecule has 0 fully saturated rings. The fourth-order valence-electron chi connectivity index (χ4n) is 2.33. The molecule has 120 valence electrons. The van der Waals surface area contributed by atoms with Crippen LogP contribution in [0.1, 0.15) is 90.9 Å². The summed E-state index contributed by atoms with van der Waals surface area (Å²) in [7, 11) is 0. The van der Waals surface area contributed by atoms with Gasteiger partial charge in [-0.25, -0.2) is 0 Å². The Hall–Kier alpha value is 0.250. The first-order valence-corrected chi connectivity index (χ1v) is 9.32. The van der Waals surface area contributed by atoms with Crippen molar-refractivity contribution in [3.63, 3.8) is 0 Å². The number of rotatable bonds is 14. The summed E-state index contributed by atoms with van der Waals surface area (Å²) in [5, 5.41) is -0.760. The number of hydrogen-bond acceptors (Lipinski definition) is 1. The summed E-state index contributed by atoms with van der Waals surface area (Å²) in [6, 6.07) is 0. The van der Waals surface area contributed by atoms with Gasteiger partial charge >= 0.3 is 0 Å². The third kappa shape index (κ3) is 11.0. The van der Waals surface area contributed by atoms with Crippen LogP contribution in [0, 0.1) is 0 Å². The zero-order chi connectivity index (χ0) is 15.2. The number of alkyl halides is 2. The van der Waals surface area contributed by atoms with Crippen molar-refractivity contribution in [2.75, 3.05) is 0 Å². The number of carbonyl (C=O) groups excluding carboxylic acids is 1. The number of halogens is 2. The van der Waals surface area contributed by atoms with Crippen LogP contribution in [0.4, 0.5) is 0 Å². The SMILES string of the molecule is CCCCCCCC(Cl)C(=O)C(Cl)CCCCCCC. The van der Waals surface area contributed by atoms with Gasteiger partial charge in [0.1, 0.15) is 0 Å². The van der Waals surface area contributed by atoms with E-state index in [4.69, 9.17) is 23.2 Å². The predicted octanol–water partition coefficient (Wildman–Crippen LogP) is 6.49. The molecular weight excluding hydrogens is 291 g/mol. The van der Waals surface area contributed by atoms with Gasteiger partial charge in [-0.1, -0.05) is 78.1 Å². The van der Waals surface area contributed by atoms with Crippen molar-refractivity contribution >= 4 is 29.0 Å². The molecule has 0 heterocycles. The van der Waals surface area contributed by atoms with Gasteiger partial charge in [0.05, 0.1) is 10.8 Å². The maximum Gasteiger partial charge on any atom is 0.168 e. The highest BCUT2D eigenvalue weighted by atomic mass is 35.5. The lowest BCUT2D eigenvalue weighted by Gasteiger charge is -2.13. The van der Waals surface area contributed by atoms with Crippen molar-refractivity contribution in [2.45, 2.75) is 102 Å². The van der Waals surface area contributed by atoms with Crippen molar-refractivity contribution in [3.05, 3.63) is 0 Å². The molecule has 3 heteroatoms. The van der Waals surface area contributed by atoms with Crippen LogP contribution in [0.5, 0.6) is 0 Å². The van der Waals surface area contributed by atoms with Gasteiger partial charge < -0.3 is 0 Å². The Morgan fingerprint density at radius 1 is 0.700 bits per heavy atom. The first kappa shape index (κ1) is 20.2. The summed E-state index contributed by atoms with van der Waals surface area (Å²) < 4.78 is 0. The highest BCUT2D eigenvalue weighted by Gasteiger charge is 2.22. The molecule has 2 atom stereocenters. The number of unbranched alkanes of at least 4 members (excludes halogenated alkanes) is 8. The first-order chi connectivity index (χ1) is 9.63. The van der Waals surface area contributed by atoms with E-state index in [1.165, 1.54) is 51.4 Å². The average molecular weight is 323 g/mol. The highest BCUT2D eigenvalue weighted by molar-refractivity contribution is 6.40. The van der Waals surface area contributed by atoms with Gasteiger partial charge in [0.25, 0.3) is 0 Å². The van der Waals surface area contributed by atoms with Crippen molar-refractivity contribution in [1.82, 2.24) is 0 Å². The number of Topliss-reactive ketones (excluding diaryl/α,β-unsaturated/α-hetero) is 1. The number of ketones is 1. The second kappa shape index (κ2) is 14.2. The Bertz CT molecular complexity index is 209. The van der Waals surface area contributed by atoms with Crippen LogP contribution in [0.2, 0.25) is 0 Å². The molecule has 20 heavy (non-hydrogen) atoms. The molecule has 0 aromatic heterocycles. The minimum absolute atomic E-state index is 0.0410. The Kier molecular flexibility index (Phi) is 14.4. The van der Waals surface area contributed by atoms with Crippen LogP contribution < -0.4 is 0 Å². The van der Waals surface area contributed by atoms with Gasteiger partial charge in [0.15, 0.2) is 5.78 Å². The van der Waals surface area contributed by atoms with Gasteiger partial charge in [-0.3, -0.25) is 4.79 Å². The van der Waals surface area contributed by atoms with E-state index in [0.29, 0.717) is 0 Å². The Balaban J connectivity index is 3.64. The smallest absolute Gasteiger partial charge is 0.168 e. The molecule has 0 aliphatic rings. The molecule has 0 saturated heterocycles.